The third kappa shape index (κ3) is 4.19. The number of rotatable bonds is 4. The number of anilines is 1. The molecule has 2 amide bonds. The van der Waals surface area contributed by atoms with Crippen LogP contribution in [0, 0.1) is 5.41 Å². The molecule has 1 aromatic carbocycles. The summed E-state index contributed by atoms with van der Waals surface area (Å²) in [6.45, 7) is 7.05. The van der Waals surface area contributed by atoms with Gasteiger partial charge in [-0.2, -0.15) is 0 Å². The van der Waals surface area contributed by atoms with Crippen LogP contribution in [-0.2, 0) is 9.59 Å². The minimum absolute atomic E-state index is 0.172. The average molecular weight is 335 g/mol. The number of ether oxygens (including phenoxy) is 1. The molecule has 7 heteroatoms. The number of fused-ring (bicyclic) bond motifs is 1. The normalized spacial score (nSPS) is 12.7. The number of aromatic nitrogens is 1. The molecule has 0 saturated carbocycles. The van der Waals surface area contributed by atoms with Gasteiger partial charge in [-0.05, 0) is 25.1 Å². The van der Waals surface area contributed by atoms with Crippen LogP contribution in [-0.4, -0.2) is 29.9 Å². The van der Waals surface area contributed by atoms with Crippen molar-refractivity contribution in [3.8, 4) is 5.75 Å². The third-order valence-corrected chi connectivity index (χ3v) is 4.18. The van der Waals surface area contributed by atoms with Gasteiger partial charge >= 0.3 is 0 Å². The molecular weight excluding hydrogens is 314 g/mol. The molecule has 23 heavy (non-hydrogen) atoms. The van der Waals surface area contributed by atoms with Gasteiger partial charge in [0.2, 0.25) is 11.8 Å². The van der Waals surface area contributed by atoms with Crippen molar-refractivity contribution in [1.82, 2.24) is 10.3 Å². The summed E-state index contributed by atoms with van der Waals surface area (Å²) in [7, 11) is 1.60. The maximum Gasteiger partial charge on any atom is 0.248 e. The van der Waals surface area contributed by atoms with E-state index in [1.165, 1.54) is 11.3 Å². The van der Waals surface area contributed by atoms with E-state index in [0.29, 0.717) is 5.13 Å². The van der Waals surface area contributed by atoms with E-state index in [2.05, 4.69) is 15.6 Å². The van der Waals surface area contributed by atoms with E-state index < -0.39 is 11.5 Å². The highest BCUT2D eigenvalue weighted by molar-refractivity contribution is 7.22. The van der Waals surface area contributed by atoms with E-state index in [0.717, 1.165) is 16.0 Å². The molecule has 0 aliphatic rings. The average Bonchev–Trinajstić information content (AvgIpc) is 2.86. The number of benzene rings is 1. The number of hydrogen-bond donors (Lipinski definition) is 2. The van der Waals surface area contributed by atoms with E-state index >= 15 is 0 Å². The zero-order valence-electron chi connectivity index (χ0n) is 13.9. The minimum Gasteiger partial charge on any atom is -0.497 e. The Hall–Kier alpha value is -2.15. The lowest BCUT2D eigenvalue weighted by molar-refractivity contribution is -0.131. The summed E-state index contributed by atoms with van der Waals surface area (Å²) in [5.41, 5.74) is 0.249. The fourth-order valence-corrected chi connectivity index (χ4v) is 2.67. The summed E-state index contributed by atoms with van der Waals surface area (Å²) in [5, 5.41) is 5.93. The van der Waals surface area contributed by atoms with Gasteiger partial charge < -0.3 is 15.4 Å². The van der Waals surface area contributed by atoms with Crippen LogP contribution in [0.15, 0.2) is 18.2 Å². The van der Waals surface area contributed by atoms with Crippen molar-refractivity contribution in [3.05, 3.63) is 18.2 Å². The number of amides is 2. The highest BCUT2D eigenvalue weighted by Gasteiger charge is 2.25. The standard InChI is InChI=1S/C16H21N3O3S/c1-9(17-14(21)16(2,3)4)13(20)19-15-18-11-7-6-10(22-5)8-12(11)23-15/h6-9H,1-5H3,(H,17,21)(H,18,19,20)/t9-/m1/s1. The fourth-order valence-electron chi connectivity index (χ4n) is 1.78. The van der Waals surface area contributed by atoms with Crippen molar-refractivity contribution in [2.24, 2.45) is 5.41 Å². The highest BCUT2D eigenvalue weighted by atomic mass is 32.1. The fraction of sp³-hybridized carbons (Fsp3) is 0.438. The summed E-state index contributed by atoms with van der Waals surface area (Å²) >= 11 is 1.36. The van der Waals surface area contributed by atoms with Crippen molar-refractivity contribution in [2.75, 3.05) is 12.4 Å². The second kappa shape index (κ2) is 6.54. The van der Waals surface area contributed by atoms with Crippen LogP contribution in [0.25, 0.3) is 10.2 Å². The van der Waals surface area contributed by atoms with Crippen molar-refractivity contribution >= 4 is 38.5 Å². The number of methoxy groups -OCH3 is 1. The Kier molecular flexibility index (Phi) is 4.89. The number of carbonyl (C=O) groups is 2. The van der Waals surface area contributed by atoms with Gasteiger partial charge in [0.15, 0.2) is 5.13 Å². The molecule has 1 aromatic heterocycles. The molecule has 0 bridgehead atoms. The van der Waals surface area contributed by atoms with Crippen molar-refractivity contribution in [3.63, 3.8) is 0 Å². The van der Waals surface area contributed by atoms with Gasteiger partial charge in [-0.3, -0.25) is 9.59 Å². The topological polar surface area (TPSA) is 80.3 Å². The van der Waals surface area contributed by atoms with E-state index in [1.807, 2.05) is 18.2 Å². The minimum atomic E-state index is -0.636. The molecule has 0 fully saturated rings. The zero-order chi connectivity index (χ0) is 17.2. The van der Waals surface area contributed by atoms with Crippen LogP contribution < -0.4 is 15.4 Å². The van der Waals surface area contributed by atoms with Crippen LogP contribution in [0.1, 0.15) is 27.7 Å². The predicted octanol–water partition coefficient (Wildman–Crippen LogP) is 2.79. The number of nitrogens with zero attached hydrogens (tertiary/aromatic N) is 1. The first-order valence-electron chi connectivity index (χ1n) is 7.27. The second-order valence-corrected chi connectivity index (χ2v) is 7.32. The Morgan fingerprint density at radius 1 is 1.30 bits per heavy atom. The van der Waals surface area contributed by atoms with Gasteiger partial charge in [-0.15, -0.1) is 0 Å². The van der Waals surface area contributed by atoms with Gasteiger partial charge in [-0.1, -0.05) is 32.1 Å². The molecule has 0 aliphatic carbocycles. The third-order valence-electron chi connectivity index (χ3n) is 3.25. The molecule has 2 aromatic rings. The Morgan fingerprint density at radius 2 is 2.00 bits per heavy atom. The van der Waals surface area contributed by atoms with Crippen LogP contribution in [0.2, 0.25) is 0 Å². The van der Waals surface area contributed by atoms with Gasteiger partial charge in [0.25, 0.3) is 0 Å². The lowest BCUT2D eigenvalue weighted by Crippen LogP contribution is -2.46. The molecule has 1 heterocycles. The molecule has 0 spiro atoms. The Labute approximate surface area is 139 Å². The first kappa shape index (κ1) is 17.2. The smallest absolute Gasteiger partial charge is 0.248 e. The lowest BCUT2D eigenvalue weighted by atomic mass is 9.95. The number of nitrogens with one attached hydrogen (secondary N) is 2. The van der Waals surface area contributed by atoms with E-state index in [9.17, 15) is 9.59 Å². The maximum atomic E-state index is 12.2. The Morgan fingerprint density at radius 3 is 2.61 bits per heavy atom. The largest absolute Gasteiger partial charge is 0.497 e. The van der Waals surface area contributed by atoms with Crippen LogP contribution in [0.5, 0.6) is 5.75 Å². The highest BCUT2D eigenvalue weighted by Crippen LogP contribution is 2.29. The quantitative estimate of drug-likeness (QED) is 0.900. The second-order valence-electron chi connectivity index (χ2n) is 6.29. The van der Waals surface area contributed by atoms with Crippen LogP contribution >= 0.6 is 11.3 Å². The van der Waals surface area contributed by atoms with Gasteiger partial charge in [0.05, 0.1) is 17.3 Å². The molecule has 0 radical (unpaired) electrons. The maximum absolute atomic E-state index is 12.2. The first-order valence-corrected chi connectivity index (χ1v) is 8.09. The van der Waals surface area contributed by atoms with E-state index in [-0.39, 0.29) is 11.8 Å². The Balaban J connectivity index is 2.06. The lowest BCUT2D eigenvalue weighted by Gasteiger charge is -2.21. The molecular formula is C16H21N3O3S. The first-order chi connectivity index (χ1) is 10.7. The number of hydrogen-bond acceptors (Lipinski definition) is 5. The predicted molar refractivity (Wildman–Crippen MR) is 91.9 cm³/mol. The van der Waals surface area contributed by atoms with Crippen LogP contribution in [0.3, 0.4) is 0 Å². The molecule has 0 aliphatic heterocycles. The molecule has 124 valence electrons. The zero-order valence-corrected chi connectivity index (χ0v) is 14.7. The van der Waals surface area contributed by atoms with Crippen molar-refractivity contribution < 1.29 is 14.3 Å². The summed E-state index contributed by atoms with van der Waals surface area (Å²) < 4.78 is 6.09. The summed E-state index contributed by atoms with van der Waals surface area (Å²) in [6.07, 6.45) is 0. The summed E-state index contributed by atoms with van der Waals surface area (Å²) in [4.78, 5) is 28.5. The summed E-state index contributed by atoms with van der Waals surface area (Å²) in [5.74, 6) is 0.271. The van der Waals surface area contributed by atoms with E-state index in [4.69, 9.17) is 4.74 Å². The van der Waals surface area contributed by atoms with Crippen LogP contribution in [0.4, 0.5) is 5.13 Å². The van der Waals surface area contributed by atoms with Gasteiger partial charge in [0.1, 0.15) is 11.8 Å². The molecule has 0 unspecified atom stereocenters. The van der Waals surface area contributed by atoms with Crippen molar-refractivity contribution in [1.29, 1.82) is 0 Å². The molecule has 6 nitrogen and oxygen atoms in total. The SMILES string of the molecule is COc1ccc2nc(NC(=O)[C@@H](C)NC(=O)C(C)(C)C)sc2c1. The van der Waals surface area contributed by atoms with Gasteiger partial charge in [0, 0.05) is 5.41 Å². The van der Waals surface area contributed by atoms with E-state index in [1.54, 1.807) is 34.8 Å². The van der Waals surface area contributed by atoms with Gasteiger partial charge in [-0.25, -0.2) is 4.98 Å². The monoisotopic (exact) mass is 335 g/mol. The number of thiazole rings is 1. The molecule has 2 N–H and O–H groups in total. The number of carbonyl (C=O) groups excluding carboxylic acids is 2. The van der Waals surface area contributed by atoms with Crippen molar-refractivity contribution in [2.45, 2.75) is 33.7 Å². The molecule has 0 saturated heterocycles. The Bertz CT molecular complexity index is 734. The summed E-state index contributed by atoms with van der Waals surface area (Å²) in [6, 6.07) is 4.89. The molecule has 2 rings (SSSR count). The molecule has 1 atom stereocenters.